The molecule has 3 rings (SSSR count). The lowest BCUT2D eigenvalue weighted by Crippen LogP contribution is -2.44. The van der Waals surface area contributed by atoms with Gasteiger partial charge >= 0.3 is 0 Å². The third-order valence-corrected chi connectivity index (χ3v) is 6.12. The van der Waals surface area contributed by atoms with Crippen molar-refractivity contribution in [2.24, 2.45) is 0 Å². The molecule has 2 amide bonds. The van der Waals surface area contributed by atoms with Crippen molar-refractivity contribution in [2.45, 2.75) is 26.2 Å². The number of unbranched alkanes of at least 4 members (excludes halogenated alkanes) is 2. The summed E-state index contributed by atoms with van der Waals surface area (Å²) in [5.74, 6) is 0.354. The van der Waals surface area contributed by atoms with Crippen molar-refractivity contribution in [1.82, 2.24) is 10.4 Å². The van der Waals surface area contributed by atoms with Gasteiger partial charge in [-0.25, -0.2) is 0 Å². The number of nitrogens with one attached hydrogen (secondary N) is 1. The first kappa shape index (κ1) is 24.1. The second kappa shape index (κ2) is 11.4. The zero-order valence-electron chi connectivity index (χ0n) is 17.7. The van der Waals surface area contributed by atoms with E-state index in [1.807, 2.05) is 12.1 Å². The Morgan fingerprint density at radius 1 is 1.22 bits per heavy atom. The fourth-order valence-electron chi connectivity index (χ4n) is 2.94. The van der Waals surface area contributed by atoms with E-state index < -0.39 is 11.8 Å². The number of ether oxygens (including phenoxy) is 2. The number of halogens is 1. The van der Waals surface area contributed by atoms with Crippen LogP contribution in [0.5, 0.6) is 11.5 Å². The minimum atomic E-state index is -0.476. The fraction of sp³-hybridized carbons (Fsp3) is 0.261. The van der Waals surface area contributed by atoms with E-state index in [9.17, 15) is 9.59 Å². The molecule has 1 heterocycles. The van der Waals surface area contributed by atoms with Crippen molar-refractivity contribution in [3.05, 3.63) is 63.5 Å². The van der Waals surface area contributed by atoms with Crippen LogP contribution in [-0.2, 0) is 4.79 Å². The Labute approximate surface area is 201 Å². The molecule has 1 N–H and O–H groups in total. The Bertz CT molecular complexity index is 1060. The molecule has 2 aromatic rings. The predicted octanol–water partition coefficient (Wildman–Crippen LogP) is 5.46. The van der Waals surface area contributed by atoms with Crippen LogP contribution in [0, 0.1) is 0 Å². The number of hydrazine groups is 1. The van der Waals surface area contributed by atoms with Gasteiger partial charge in [-0.2, -0.15) is 5.01 Å². The third-order valence-electron chi connectivity index (χ3n) is 4.58. The van der Waals surface area contributed by atoms with E-state index in [4.69, 9.17) is 33.3 Å². The van der Waals surface area contributed by atoms with Crippen LogP contribution in [0.2, 0.25) is 5.02 Å². The first-order chi connectivity index (χ1) is 15.4. The number of hydrogen-bond donors (Lipinski definition) is 1. The van der Waals surface area contributed by atoms with Gasteiger partial charge in [0.05, 0.1) is 18.6 Å². The van der Waals surface area contributed by atoms with Gasteiger partial charge in [-0.1, -0.05) is 55.3 Å². The smallest absolute Gasteiger partial charge is 0.285 e. The zero-order valence-corrected chi connectivity index (χ0v) is 20.1. The minimum absolute atomic E-state index is 0.236. The van der Waals surface area contributed by atoms with Gasteiger partial charge in [-0.3, -0.25) is 15.0 Å². The maximum absolute atomic E-state index is 12.8. The summed E-state index contributed by atoms with van der Waals surface area (Å²) in [5, 5.41) is 1.49. The highest BCUT2D eigenvalue weighted by atomic mass is 35.5. The molecule has 2 aromatic carbocycles. The van der Waals surface area contributed by atoms with Gasteiger partial charge in [-0.05, 0) is 60.6 Å². The number of carbonyl (C=O) groups is 2. The number of nitrogens with zero attached hydrogens (tertiary/aromatic N) is 1. The van der Waals surface area contributed by atoms with Crippen molar-refractivity contribution in [2.75, 3.05) is 13.7 Å². The highest BCUT2D eigenvalue weighted by molar-refractivity contribution is 8.26. The molecule has 9 heteroatoms. The summed E-state index contributed by atoms with van der Waals surface area (Å²) in [7, 11) is 1.57. The molecule has 0 bridgehead atoms. The lowest BCUT2D eigenvalue weighted by Gasteiger charge is -2.15. The standard InChI is InChI=1S/C23H23ClN2O4S2/c1-3-4-5-11-30-18-10-9-15(12-19(18)29-2)13-20-22(28)26(23(31)32-20)25-21(27)16-7-6-8-17(24)14-16/h6-10,12-14H,3-5,11H2,1-2H3,(H,25,27)/b20-13-. The monoisotopic (exact) mass is 490 g/mol. The first-order valence-corrected chi connectivity index (χ1v) is 11.7. The molecule has 1 fully saturated rings. The Kier molecular flexibility index (Phi) is 8.55. The van der Waals surface area contributed by atoms with Crippen LogP contribution in [0.15, 0.2) is 47.4 Å². The topological polar surface area (TPSA) is 67.9 Å². The van der Waals surface area contributed by atoms with E-state index >= 15 is 0 Å². The molecule has 168 valence electrons. The van der Waals surface area contributed by atoms with E-state index in [0.29, 0.717) is 33.6 Å². The minimum Gasteiger partial charge on any atom is -0.493 e. The van der Waals surface area contributed by atoms with Crippen molar-refractivity contribution in [3.63, 3.8) is 0 Å². The van der Waals surface area contributed by atoms with Crippen LogP contribution in [0.3, 0.4) is 0 Å². The maximum Gasteiger partial charge on any atom is 0.285 e. The highest BCUT2D eigenvalue weighted by Crippen LogP contribution is 2.34. The molecule has 1 aliphatic rings. The van der Waals surface area contributed by atoms with Crippen molar-refractivity contribution >= 4 is 57.8 Å². The average molecular weight is 491 g/mol. The summed E-state index contributed by atoms with van der Waals surface area (Å²) in [6.07, 6.45) is 4.91. The number of carbonyl (C=O) groups excluding carboxylic acids is 2. The van der Waals surface area contributed by atoms with Gasteiger partial charge in [0.25, 0.3) is 11.8 Å². The Hall–Kier alpha value is -2.55. The molecule has 0 unspecified atom stereocenters. The van der Waals surface area contributed by atoms with Crippen LogP contribution in [0.4, 0.5) is 0 Å². The summed E-state index contributed by atoms with van der Waals surface area (Å²) < 4.78 is 11.5. The highest BCUT2D eigenvalue weighted by Gasteiger charge is 2.33. The number of thioether (sulfide) groups is 1. The normalized spacial score (nSPS) is 14.7. The lowest BCUT2D eigenvalue weighted by atomic mass is 10.2. The number of benzene rings is 2. The molecular weight excluding hydrogens is 468 g/mol. The molecule has 0 radical (unpaired) electrons. The van der Waals surface area contributed by atoms with Gasteiger partial charge < -0.3 is 9.47 Å². The second-order valence-corrected chi connectivity index (χ2v) is 9.05. The van der Waals surface area contributed by atoms with E-state index in [1.54, 1.807) is 37.5 Å². The zero-order chi connectivity index (χ0) is 23.1. The quantitative estimate of drug-likeness (QED) is 0.286. The molecule has 0 atom stereocenters. The average Bonchev–Trinajstić information content (AvgIpc) is 3.04. The third kappa shape index (κ3) is 6.03. The molecule has 0 aliphatic carbocycles. The first-order valence-electron chi connectivity index (χ1n) is 10.1. The van der Waals surface area contributed by atoms with Crippen molar-refractivity contribution in [3.8, 4) is 11.5 Å². The SMILES string of the molecule is CCCCCOc1ccc(/C=C2\SC(=S)N(NC(=O)c3cccc(Cl)c3)C2=O)cc1OC. The molecule has 1 aliphatic heterocycles. The molecule has 1 saturated heterocycles. The van der Waals surface area contributed by atoms with E-state index in [1.165, 1.54) is 6.07 Å². The number of amides is 2. The van der Waals surface area contributed by atoms with Gasteiger partial charge in [0.1, 0.15) is 0 Å². The van der Waals surface area contributed by atoms with E-state index in [2.05, 4.69) is 12.3 Å². The second-order valence-electron chi connectivity index (χ2n) is 6.93. The summed E-state index contributed by atoms with van der Waals surface area (Å²) in [6.45, 7) is 2.76. The number of hydrogen-bond acceptors (Lipinski definition) is 6. The molecule has 6 nitrogen and oxygen atoms in total. The molecule has 0 saturated carbocycles. The van der Waals surface area contributed by atoms with Crippen LogP contribution in [0.25, 0.3) is 6.08 Å². The number of thiocarbonyl (C=S) groups is 1. The lowest BCUT2D eigenvalue weighted by molar-refractivity contribution is -0.123. The molecule has 0 spiro atoms. The molecule has 32 heavy (non-hydrogen) atoms. The van der Waals surface area contributed by atoms with Crippen LogP contribution < -0.4 is 14.9 Å². The van der Waals surface area contributed by atoms with Crippen molar-refractivity contribution < 1.29 is 19.1 Å². The van der Waals surface area contributed by atoms with Crippen LogP contribution >= 0.6 is 35.6 Å². The summed E-state index contributed by atoms with van der Waals surface area (Å²) >= 11 is 12.3. The maximum atomic E-state index is 12.8. The van der Waals surface area contributed by atoms with E-state index in [-0.39, 0.29) is 4.32 Å². The number of methoxy groups -OCH3 is 1. The Morgan fingerprint density at radius 3 is 2.75 bits per heavy atom. The van der Waals surface area contributed by atoms with Gasteiger partial charge in [-0.15, -0.1) is 0 Å². The summed E-state index contributed by atoms with van der Waals surface area (Å²) in [5.41, 5.74) is 3.62. The summed E-state index contributed by atoms with van der Waals surface area (Å²) in [4.78, 5) is 25.7. The fourth-order valence-corrected chi connectivity index (χ4v) is 4.31. The Morgan fingerprint density at radius 2 is 2.03 bits per heavy atom. The van der Waals surface area contributed by atoms with Gasteiger partial charge in [0.15, 0.2) is 15.8 Å². The van der Waals surface area contributed by atoms with Crippen molar-refractivity contribution in [1.29, 1.82) is 0 Å². The van der Waals surface area contributed by atoms with Crippen LogP contribution in [0.1, 0.15) is 42.1 Å². The Balaban J connectivity index is 1.71. The van der Waals surface area contributed by atoms with E-state index in [0.717, 1.165) is 41.6 Å². The van der Waals surface area contributed by atoms with Gasteiger partial charge in [0.2, 0.25) is 0 Å². The van der Waals surface area contributed by atoms with Gasteiger partial charge in [0, 0.05) is 10.6 Å². The van der Waals surface area contributed by atoms with Crippen LogP contribution in [-0.4, -0.2) is 34.9 Å². The molecular formula is C23H23ClN2O4S2. The summed E-state index contributed by atoms with van der Waals surface area (Å²) in [6, 6.07) is 11.9. The number of rotatable bonds is 9. The molecule has 0 aromatic heterocycles. The predicted molar refractivity (Wildman–Crippen MR) is 132 cm³/mol. The largest absolute Gasteiger partial charge is 0.493 e.